The zero-order chi connectivity index (χ0) is 9.26. The van der Waals surface area contributed by atoms with Crippen LogP contribution in [0.15, 0.2) is 17.6 Å². The number of thiophene rings is 1. The number of hydrogen-bond donors (Lipinski definition) is 2. The molecule has 5 heteroatoms. The van der Waals surface area contributed by atoms with Crippen molar-refractivity contribution in [3.63, 3.8) is 0 Å². The highest BCUT2D eigenvalue weighted by Gasteiger charge is 2.09. The molecule has 0 aliphatic rings. The highest BCUT2D eigenvalue weighted by molar-refractivity contribution is 7.12. The van der Waals surface area contributed by atoms with Crippen LogP contribution in [0, 0.1) is 0 Å². The summed E-state index contributed by atoms with van der Waals surface area (Å²) in [4.78, 5) is 11.3. The Morgan fingerprint density at radius 2 is 2.38 bits per heavy atom. The molecule has 0 aromatic carbocycles. The zero-order valence-corrected chi connectivity index (χ0v) is 7.47. The van der Waals surface area contributed by atoms with Crippen molar-refractivity contribution in [3.8, 4) is 11.1 Å². The predicted molar refractivity (Wildman–Crippen MR) is 51.7 cm³/mol. The molecule has 0 unspecified atom stereocenters. The van der Waals surface area contributed by atoms with Crippen LogP contribution in [0.2, 0.25) is 0 Å². The lowest BCUT2D eigenvalue weighted by Crippen LogP contribution is -1.88. The highest BCUT2D eigenvalue weighted by atomic mass is 32.1. The van der Waals surface area contributed by atoms with Crippen molar-refractivity contribution in [2.45, 2.75) is 0 Å². The summed E-state index contributed by atoms with van der Waals surface area (Å²) in [6.07, 6.45) is 2.44. The molecule has 2 rings (SSSR count). The topological polar surface area (TPSA) is 71.8 Å². The van der Waals surface area contributed by atoms with Crippen molar-refractivity contribution < 1.29 is 4.79 Å². The van der Waals surface area contributed by atoms with E-state index in [4.69, 9.17) is 5.73 Å². The lowest BCUT2D eigenvalue weighted by Gasteiger charge is -1.94. The largest absolute Gasteiger partial charge is 0.384 e. The second-order valence-corrected chi connectivity index (χ2v) is 3.46. The Morgan fingerprint density at radius 1 is 1.54 bits per heavy atom. The van der Waals surface area contributed by atoms with Gasteiger partial charge in [0.25, 0.3) is 0 Å². The highest BCUT2D eigenvalue weighted by Crippen LogP contribution is 2.29. The number of rotatable bonds is 2. The van der Waals surface area contributed by atoms with Gasteiger partial charge in [0.05, 0.1) is 11.1 Å². The number of nitrogen functional groups attached to an aromatic ring is 1. The van der Waals surface area contributed by atoms with Crippen LogP contribution in [0.4, 0.5) is 5.82 Å². The molecule has 0 aliphatic heterocycles. The van der Waals surface area contributed by atoms with Gasteiger partial charge in [-0.25, -0.2) is 0 Å². The van der Waals surface area contributed by atoms with Crippen LogP contribution in [0.25, 0.3) is 11.1 Å². The van der Waals surface area contributed by atoms with Gasteiger partial charge in [-0.1, -0.05) is 0 Å². The minimum absolute atomic E-state index is 0.488. The summed E-state index contributed by atoms with van der Waals surface area (Å²) >= 11 is 1.39. The molecule has 2 aromatic rings. The molecule has 0 atom stereocenters. The van der Waals surface area contributed by atoms with Crippen LogP contribution in [0.3, 0.4) is 0 Å². The van der Waals surface area contributed by atoms with E-state index in [-0.39, 0.29) is 0 Å². The maximum atomic E-state index is 10.6. The van der Waals surface area contributed by atoms with Gasteiger partial charge < -0.3 is 5.73 Å². The van der Waals surface area contributed by atoms with E-state index in [0.29, 0.717) is 10.7 Å². The fourth-order valence-corrected chi connectivity index (χ4v) is 1.86. The van der Waals surface area contributed by atoms with Crippen LogP contribution >= 0.6 is 11.3 Å². The molecule has 3 N–H and O–H groups in total. The summed E-state index contributed by atoms with van der Waals surface area (Å²) < 4.78 is 0. The molecule has 0 spiro atoms. The summed E-state index contributed by atoms with van der Waals surface area (Å²) in [5.41, 5.74) is 7.25. The second-order valence-electron chi connectivity index (χ2n) is 2.51. The molecular weight excluding hydrogens is 186 g/mol. The van der Waals surface area contributed by atoms with E-state index in [1.54, 1.807) is 6.20 Å². The Bertz CT molecular complexity index is 432. The average molecular weight is 193 g/mol. The fourth-order valence-electron chi connectivity index (χ4n) is 1.15. The average Bonchev–Trinajstić information content (AvgIpc) is 2.71. The molecule has 0 bridgehead atoms. The van der Waals surface area contributed by atoms with E-state index in [2.05, 4.69) is 10.2 Å². The third-order valence-corrected chi connectivity index (χ3v) is 2.60. The Balaban J connectivity index is 2.58. The lowest BCUT2D eigenvalue weighted by molar-refractivity contribution is 0.112. The van der Waals surface area contributed by atoms with Crippen molar-refractivity contribution in [1.29, 1.82) is 0 Å². The lowest BCUT2D eigenvalue weighted by atomic mass is 10.1. The van der Waals surface area contributed by atoms with Gasteiger partial charge in [-0.2, -0.15) is 5.10 Å². The van der Waals surface area contributed by atoms with Crippen molar-refractivity contribution >= 4 is 23.4 Å². The second kappa shape index (κ2) is 3.02. The van der Waals surface area contributed by atoms with E-state index in [1.165, 1.54) is 11.3 Å². The van der Waals surface area contributed by atoms with Crippen molar-refractivity contribution in [1.82, 2.24) is 10.2 Å². The minimum atomic E-state index is 0.488. The molecule has 13 heavy (non-hydrogen) atoms. The number of aldehydes is 1. The van der Waals surface area contributed by atoms with Crippen molar-refractivity contribution in [2.24, 2.45) is 0 Å². The number of nitrogens with one attached hydrogen (secondary N) is 1. The van der Waals surface area contributed by atoms with Gasteiger partial charge in [0.15, 0.2) is 6.29 Å². The normalized spacial score (nSPS) is 10.2. The Hall–Kier alpha value is -1.62. The molecule has 4 nitrogen and oxygen atoms in total. The minimum Gasteiger partial charge on any atom is -0.384 e. The fraction of sp³-hybridized carbons (Fsp3) is 0. The monoisotopic (exact) mass is 193 g/mol. The zero-order valence-electron chi connectivity index (χ0n) is 6.65. The van der Waals surface area contributed by atoms with Crippen LogP contribution in [0.5, 0.6) is 0 Å². The third kappa shape index (κ3) is 1.23. The van der Waals surface area contributed by atoms with Crippen LogP contribution in [-0.2, 0) is 0 Å². The Morgan fingerprint density at radius 3 is 3.00 bits per heavy atom. The summed E-state index contributed by atoms with van der Waals surface area (Å²) in [6.45, 7) is 0. The van der Waals surface area contributed by atoms with E-state index >= 15 is 0 Å². The summed E-state index contributed by atoms with van der Waals surface area (Å²) in [6, 6.07) is 1.86. The molecule has 0 saturated heterocycles. The molecule has 0 amide bonds. The summed E-state index contributed by atoms with van der Waals surface area (Å²) in [5, 5.41) is 8.27. The number of nitrogens with two attached hydrogens (primary N) is 1. The first kappa shape index (κ1) is 8.00. The van der Waals surface area contributed by atoms with Gasteiger partial charge >= 0.3 is 0 Å². The maximum absolute atomic E-state index is 10.6. The SMILES string of the molecule is Nc1[nH]ncc1-c1ccsc1C=O. The Labute approximate surface area is 78.4 Å². The number of aromatic nitrogens is 2. The van der Waals surface area contributed by atoms with Gasteiger partial charge in [0.1, 0.15) is 5.82 Å². The van der Waals surface area contributed by atoms with Gasteiger partial charge in [0.2, 0.25) is 0 Å². The summed E-state index contributed by atoms with van der Waals surface area (Å²) in [5.74, 6) is 0.488. The molecule has 0 fully saturated rings. The van der Waals surface area contributed by atoms with Gasteiger partial charge in [-0.3, -0.25) is 9.89 Å². The van der Waals surface area contributed by atoms with Crippen LogP contribution < -0.4 is 5.73 Å². The molecule has 66 valence electrons. The van der Waals surface area contributed by atoms with E-state index < -0.39 is 0 Å². The number of carbonyl (C=O) groups excluding carboxylic acids is 1. The first-order valence-corrected chi connectivity index (χ1v) is 4.53. The number of H-pyrrole nitrogens is 1. The summed E-state index contributed by atoms with van der Waals surface area (Å²) in [7, 11) is 0. The van der Waals surface area contributed by atoms with Gasteiger partial charge in [0, 0.05) is 11.1 Å². The molecule has 0 radical (unpaired) electrons. The van der Waals surface area contributed by atoms with Crippen LogP contribution in [-0.4, -0.2) is 16.5 Å². The predicted octanol–water partition coefficient (Wildman–Crippen LogP) is 1.53. The number of aromatic amines is 1. The van der Waals surface area contributed by atoms with Crippen molar-refractivity contribution in [3.05, 3.63) is 22.5 Å². The molecule has 2 aromatic heterocycles. The number of hydrogen-bond acceptors (Lipinski definition) is 4. The molecular formula is C8H7N3OS. The maximum Gasteiger partial charge on any atom is 0.160 e. The first-order valence-electron chi connectivity index (χ1n) is 3.65. The van der Waals surface area contributed by atoms with E-state index in [1.807, 2.05) is 11.4 Å². The van der Waals surface area contributed by atoms with E-state index in [0.717, 1.165) is 17.4 Å². The Kier molecular flexibility index (Phi) is 1.86. The number of nitrogens with zero attached hydrogens (tertiary/aromatic N) is 1. The van der Waals surface area contributed by atoms with E-state index in [9.17, 15) is 4.79 Å². The molecule has 0 saturated carbocycles. The molecule has 2 heterocycles. The van der Waals surface area contributed by atoms with Gasteiger partial charge in [-0.15, -0.1) is 11.3 Å². The quantitative estimate of drug-likeness (QED) is 0.710. The number of carbonyl (C=O) groups is 1. The van der Waals surface area contributed by atoms with Gasteiger partial charge in [-0.05, 0) is 11.4 Å². The number of anilines is 1. The first-order chi connectivity index (χ1) is 6.33. The smallest absolute Gasteiger partial charge is 0.160 e. The molecule has 0 aliphatic carbocycles. The van der Waals surface area contributed by atoms with Crippen molar-refractivity contribution in [2.75, 3.05) is 5.73 Å². The van der Waals surface area contributed by atoms with Crippen LogP contribution in [0.1, 0.15) is 9.67 Å². The third-order valence-electron chi connectivity index (χ3n) is 1.76. The standard InChI is InChI=1S/C8H7N3OS/c9-8-6(3-10-11-8)5-1-2-13-7(5)4-12/h1-4H,(H3,9,10,11).